The van der Waals surface area contributed by atoms with Gasteiger partial charge in [0.05, 0.1) is 0 Å². The molecule has 1 saturated heterocycles. The number of fused-ring (bicyclic) bond motifs is 1. The third kappa shape index (κ3) is 3.83. The third-order valence-electron chi connectivity index (χ3n) is 5.05. The topological polar surface area (TPSA) is 61.4 Å². The van der Waals surface area contributed by atoms with E-state index in [1.165, 1.54) is 0 Å². The molecule has 0 bridgehead atoms. The lowest BCUT2D eigenvalue weighted by atomic mass is 10.1. The average molecular weight is 373 g/mol. The maximum Gasteiger partial charge on any atom is 0.246 e. The lowest BCUT2D eigenvalue weighted by molar-refractivity contribution is -0.117. The predicted octanol–water partition coefficient (Wildman–Crippen LogP) is 4.41. The van der Waals surface area contributed by atoms with Crippen molar-refractivity contribution in [3.05, 3.63) is 66.7 Å². The summed E-state index contributed by atoms with van der Waals surface area (Å²) in [6.45, 7) is 2.60. The molecule has 0 unspecified atom stereocenters. The van der Waals surface area contributed by atoms with Gasteiger partial charge in [-0.3, -0.25) is 9.59 Å². The second-order valence-corrected chi connectivity index (χ2v) is 7.11. The number of amides is 2. The van der Waals surface area contributed by atoms with Gasteiger partial charge in [0.1, 0.15) is 6.04 Å². The molecule has 2 amide bonds. The SMILES string of the molecule is C[C@H](Nc1ccc(N2CCCC2=O)cc1)C(=O)Nc1ccc2ccccc2c1. The number of rotatable bonds is 5. The summed E-state index contributed by atoms with van der Waals surface area (Å²) >= 11 is 0. The van der Waals surface area contributed by atoms with E-state index in [9.17, 15) is 9.59 Å². The van der Waals surface area contributed by atoms with Crippen LogP contribution in [0.5, 0.6) is 0 Å². The van der Waals surface area contributed by atoms with Crippen LogP contribution in [-0.4, -0.2) is 24.4 Å². The maximum absolute atomic E-state index is 12.5. The normalized spacial score (nSPS) is 14.9. The molecule has 4 rings (SSSR count). The molecule has 2 N–H and O–H groups in total. The van der Waals surface area contributed by atoms with Gasteiger partial charge in [0.2, 0.25) is 11.8 Å². The van der Waals surface area contributed by atoms with Crippen molar-refractivity contribution in [2.45, 2.75) is 25.8 Å². The van der Waals surface area contributed by atoms with Gasteiger partial charge in [-0.1, -0.05) is 30.3 Å². The lowest BCUT2D eigenvalue weighted by Gasteiger charge is -2.18. The Balaban J connectivity index is 1.39. The highest BCUT2D eigenvalue weighted by Crippen LogP contribution is 2.23. The highest BCUT2D eigenvalue weighted by Gasteiger charge is 2.21. The van der Waals surface area contributed by atoms with Crippen LogP contribution in [0.15, 0.2) is 66.7 Å². The molecule has 5 nitrogen and oxygen atoms in total. The molecule has 0 radical (unpaired) electrons. The summed E-state index contributed by atoms with van der Waals surface area (Å²) in [5.41, 5.74) is 2.53. The fourth-order valence-electron chi connectivity index (χ4n) is 3.49. The van der Waals surface area contributed by atoms with Gasteiger partial charge in [0.25, 0.3) is 0 Å². The monoisotopic (exact) mass is 373 g/mol. The number of nitrogens with one attached hydrogen (secondary N) is 2. The first-order valence-corrected chi connectivity index (χ1v) is 9.57. The summed E-state index contributed by atoms with van der Waals surface area (Å²) in [7, 11) is 0. The Kier molecular flexibility index (Phi) is 4.98. The number of hydrogen-bond donors (Lipinski definition) is 2. The van der Waals surface area contributed by atoms with Gasteiger partial charge in [-0.25, -0.2) is 0 Å². The second-order valence-electron chi connectivity index (χ2n) is 7.11. The van der Waals surface area contributed by atoms with E-state index in [1.807, 2.05) is 73.7 Å². The van der Waals surface area contributed by atoms with Crippen molar-refractivity contribution >= 4 is 39.6 Å². The van der Waals surface area contributed by atoms with E-state index in [0.29, 0.717) is 6.42 Å². The molecule has 1 aliphatic rings. The molecule has 5 heteroatoms. The average Bonchev–Trinajstić information content (AvgIpc) is 3.14. The van der Waals surface area contributed by atoms with E-state index in [-0.39, 0.29) is 11.8 Å². The Morgan fingerprint density at radius 2 is 1.68 bits per heavy atom. The largest absolute Gasteiger partial charge is 0.374 e. The minimum absolute atomic E-state index is 0.103. The molecule has 3 aromatic rings. The van der Waals surface area contributed by atoms with Gasteiger partial charge >= 0.3 is 0 Å². The highest BCUT2D eigenvalue weighted by atomic mass is 16.2. The Labute approximate surface area is 164 Å². The van der Waals surface area contributed by atoms with Crippen molar-refractivity contribution in [1.29, 1.82) is 0 Å². The van der Waals surface area contributed by atoms with Crippen LogP contribution in [-0.2, 0) is 9.59 Å². The summed E-state index contributed by atoms with van der Waals surface area (Å²) in [6, 6.07) is 21.2. The molecule has 0 aromatic heterocycles. The Morgan fingerprint density at radius 3 is 2.39 bits per heavy atom. The predicted molar refractivity (Wildman–Crippen MR) is 114 cm³/mol. The minimum Gasteiger partial charge on any atom is -0.374 e. The van der Waals surface area contributed by atoms with Crippen LogP contribution in [0, 0.1) is 0 Å². The van der Waals surface area contributed by atoms with Crippen molar-refractivity contribution in [2.24, 2.45) is 0 Å². The fourth-order valence-corrected chi connectivity index (χ4v) is 3.49. The molecule has 1 atom stereocenters. The molecule has 28 heavy (non-hydrogen) atoms. The van der Waals surface area contributed by atoms with Gasteiger partial charge in [-0.15, -0.1) is 0 Å². The maximum atomic E-state index is 12.5. The molecule has 1 heterocycles. The van der Waals surface area contributed by atoms with Crippen molar-refractivity contribution in [3.63, 3.8) is 0 Å². The van der Waals surface area contributed by atoms with Crippen molar-refractivity contribution in [2.75, 3.05) is 22.1 Å². The van der Waals surface area contributed by atoms with E-state index in [2.05, 4.69) is 10.6 Å². The summed E-state index contributed by atoms with van der Waals surface area (Å²) in [6.07, 6.45) is 1.52. The van der Waals surface area contributed by atoms with Crippen molar-refractivity contribution in [3.8, 4) is 0 Å². The van der Waals surface area contributed by atoms with Gasteiger partial charge in [0.15, 0.2) is 0 Å². The first kappa shape index (κ1) is 18.0. The van der Waals surface area contributed by atoms with Crippen LogP contribution in [0.1, 0.15) is 19.8 Å². The Hall–Kier alpha value is -3.34. The standard InChI is InChI=1S/C23H23N3O2/c1-16(23(28)25-20-9-8-17-5-2-3-6-18(17)15-20)24-19-10-12-21(13-11-19)26-14-4-7-22(26)27/h2-3,5-6,8-13,15-16,24H,4,7,14H2,1H3,(H,25,28)/t16-/m0/s1. The van der Waals surface area contributed by atoms with E-state index in [4.69, 9.17) is 0 Å². The van der Waals surface area contributed by atoms with Gasteiger partial charge in [0, 0.05) is 30.0 Å². The van der Waals surface area contributed by atoms with Gasteiger partial charge in [-0.05, 0) is 60.5 Å². The minimum atomic E-state index is -0.397. The van der Waals surface area contributed by atoms with E-state index in [0.717, 1.165) is 40.8 Å². The molecule has 142 valence electrons. The number of anilines is 3. The van der Waals surface area contributed by atoms with Gasteiger partial charge in [-0.2, -0.15) is 0 Å². The third-order valence-corrected chi connectivity index (χ3v) is 5.05. The van der Waals surface area contributed by atoms with Crippen LogP contribution in [0.3, 0.4) is 0 Å². The number of nitrogens with zero attached hydrogens (tertiary/aromatic N) is 1. The molecule has 0 aliphatic carbocycles. The lowest BCUT2D eigenvalue weighted by Crippen LogP contribution is -2.31. The zero-order valence-corrected chi connectivity index (χ0v) is 15.8. The first-order valence-electron chi connectivity index (χ1n) is 9.57. The van der Waals surface area contributed by atoms with Crippen molar-refractivity contribution in [1.82, 2.24) is 0 Å². The summed E-state index contributed by atoms with van der Waals surface area (Å²) in [5.74, 6) is 0.0675. The van der Waals surface area contributed by atoms with E-state index in [1.54, 1.807) is 4.90 Å². The molecular formula is C23H23N3O2. The molecule has 0 spiro atoms. The van der Waals surface area contributed by atoms with Crippen LogP contribution < -0.4 is 15.5 Å². The van der Waals surface area contributed by atoms with Crippen LogP contribution >= 0.6 is 0 Å². The number of carbonyl (C=O) groups excluding carboxylic acids is 2. The molecule has 1 fully saturated rings. The number of hydrogen-bond acceptors (Lipinski definition) is 3. The Morgan fingerprint density at radius 1 is 0.964 bits per heavy atom. The smallest absolute Gasteiger partial charge is 0.246 e. The Bertz CT molecular complexity index is 1010. The second kappa shape index (κ2) is 7.72. The fraction of sp³-hybridized carbons (Fsp3) is 0.217. The summed E-state index contributed by atoms with van der Waals surface area (Å²) in [5, 5.41) is 8.41. The zero-order chi connectivity index (χ0) is 19.5. The zero-order valence-electron chi connectivity index (χ0n) is 15.8. The van der Waals surface area contributed by atoms with E-state index >= 15 is 0 Å². The highest BCUT2D eigenvalue weighted by molar-refractivity contribution is 5.98. The number of carbonyl (C=O) groups is 2. The van der Waals surface area contributed by atoms with Crippen LogP contribution in [0.2, 0.25) is 0 Å². The first-order chi connectivity index (χ1) is 13.6. The quantitative estimate of drug-likeness (QED) is 0.697. The molecule has 3 aromatic carbocycles. The molecular weight excluding hydrogens is 350 g/mol. The number of benzene rings is 3. The van der Waals surface area contributed by atoms with E-state index < -0.39 is 6.04 Å². The summed E-state index contributed by atoms with van der Waals surface area (Å²) in [4.78, 5) is 26.2. The molecule has 1 aliphatic heterocycles. The van der Waals surface area contributed by atoms with Crippen LogP contribution in [0.25, 0.3) is 10.8 Å². The summed E-state index contributed by atoms with van der Waals surface area (Å²) < 4.78 is 0. The molecule has 0 saturated carbocycles. The van der Waals surface area contributed by atoms with Crippen LogP contribution in [0.4, 0.5) is 17.1 Å². The van der Waals surface area contributed by atoms with Crippen molar-refractivity contribution < 1.29 is 9.59 Å². The van der Waals surface area contributed by atoms with Gasteiger partial charge < -0.3 is 15.5 Å².